The van der Waals surface area contributed by atoms with Crippen LogP contribution in [0.25, 0.3) is 22.7 Å². The number of hydrogen-bond acceptors (Lipinski definition) is 7. The average Bonchev–Trinajstić information content (AvgIpc) is 3.65. The number of aromatic amines is 1. The van der Waals surface area contributed by atoms with Crippen LogP contribution in [-0.2, 0) is 4.74 Å². The molecule has 0 aliphatic carbocycles. The summed E-state index contributed by atoms with van der Waals surface area (Å²) < 4.78 is 11.5. The van der Waals surface area contributed by atoms with E-state index in [1.807, 2.05) is 71.0 Å². The first-order valence-corrected chi connectivity index (χ1v) is 13.7. The molecule has 2 heterocycles. The summed E-state index contributed by atoms with van der Waals surface area (Å²) in [4.78, 5) is 30.0. The smallest absolute Gasteiger partial charge is 0.289 e. The van der Waals surface area contributed by atoms with E-state index in [0.29, 0.717) is 22.5 Å². The van der Waals surface area contributed by atoms with Gasteiger partial charge in [-0.15, -0.1) is 0 Å². The van der Waals surface area contributed by atoms with E-state index >= 15 is 0 Å². The number of aliphatic hydroxyl groups is 1. The number of ether oxygens (including phenoxy) is 1. The van der Waals surface area contributed by atoms with Crippen molar-refractivity contribution in [3.63, 3.8) is 0 Å². The number of carbonyl (C=O) groups is 2. The molecule has 0 radical (unpaired) electrons. The number of nitrogens with zero attached hydrogens (tertiary/aromatic N) is 2. The van der Waals surface area contributed by atoms with Crippen LogP contribution in [0.5, 0.6) is 0 Å². The third-order valence-electron chi connectivity index (χ3n) is 6.48. The number of H-pyrrole nitrogens is 1. The molecule has 10 nitrogen and oxygen atoms in total. The monoisotopic (exact) mass is 559 g/mol. The molecule has 2 atom stereocenters. The lowest BCUT2D eigenvalue weighted by Gasteiger charge is -2.30. The van der Waals surface area contributed by atoms with E-state index in [9.17, 15) is 14.7 Å². The molecule has 10 heteroatoms. The molecule has 0 saturated carbocycles. The summed E-state index contributed by atoms with van der Waals surface area (Å²) in [6, 6.07) is 17.3. The molecule has 41 heavy (non-hydrogen) atoms. The summed E-state index contributed by atoms with van der Waals surface area (Å²) >= 11 is 0. The van der Waals surface area contributed by atoms with Crippen molar-refractivity contribution in [2.75, 3.05) is 0 Å². The third kappa shape index (κ3) is 7.68. The van der Waals surface area contributed by atoms with Crippen LogP contribution < -0.4 is 10.6 Å². The van der Waals surface area contributed by atoms with Gasteiger partial charge < -0.3 is 24.9 Å². The molecule has 4 aromatic rings. The molecular weight excluding hydrogens is 522 g/mol. The Morgan fingerprint density at radius 1 is 0.976 bits per heavy atom. The van der Waals surface area contributed by atoms with Gasteiger partial charge in [-0.2, -0.15) is 5.10 Å². The highest BCUT2D eigenvalue weighted by Crippen LogP contribution is 2.27. The highest BCUT2D eigenvalue weighted by molar-refractivity contribution is 5.93. The van der Waals surface area contributed by atoms with Gasteiger partial charge in [-0.05, 0) is 57.4 Å². The molecule has 0 aliphatic rings. The van der Waals surface area contributed by atoms with Gasteiger partial charge in [-0.3, -0.25) is 14.7 Å². The Kier molecular flexibility index (Phi) is 9.36. The first-order valence-electron chi connectivity index (χ1n) is 13.7. The SMILES string of the molecule is CCC(CC)NC(=O)c1cc(-c2cccc(-c3ncc(C(=O)N[C@@H](c4ccccc4)C(O)OC(C)(C)C)o3)c2)n[nH]1. The maximum atomic E-state index is 13.2. The van der Waals surface area contributed by atoms with Gasteiger partial charge in [0.05, 0.1) is 17.5 Å². The van der Waals surface area contributed by atoms with Gasteiger partial charge in [0, 0.05) is 17.2 Å². The zero-order chi connectivity index (χ0) is 29.6. The van der Waals surface area contributed by atoms with Crippen molar-refractivity contribution in [2.45, 2.75) is 71.4 Å². The molecule has 0 saturated heterocycles. The van der Waals surface area contributed by atoms with Crippen molar-refractivity contribution < 1.29 is 23.8 Å². The van der Waals surface area contributed by atoms with Crippen LogP contribution in [0, 0.1) is 0 Å². The number of aliphatic hydroxyl groups excluding tert-OH is 1. The normalized spacial score (nSPS) is 13.1. The van der Waals surface area contributed by atoms with E-state index in [2.05, 4.69) is 25.8 Å². The Hall–Kier alpha value is -4.28. The molecule has 2 aromatic carbocycles. The van der Waals surface area contributed by atoms with E-state index in [1.54, 1.807) is 24.3 Å². The Morgan fingerprint density at radius 3 is 2.37 bits per heavy atom. The Morgan fingerprint density at radius 2 is 1.68 bits per heavy atom. The van der Waals surface area contributed by atoms with Crippen molar-refractivity contribution in [2.24, 2.45) is 0 Å². The molecule has 0 fully saturated rings. The minimum Gasteiger partial charge on any atom is -0.431 e. The fourth-order valence-electron chi connectivity index (χ4n) is 4.29. The molecule has 0 spiro atoms. The fraction of sp³-hybridized carbons (Fsp3) is 0.355. The number of benzene rings is 2. The van der Waals surface area contributed by atoms with Crippen molar-refractivity contribution in [3.05, 3.63) is 83.9 Å². The quantitative estimate of drug-likeness (QED) is 0.184. The molecular formula is C31H37N5O5. The number of hydrogen-bond donors (Lipinski definition) is 4. The summed E-state index contributed by atoms with van der Waals surface area (Å²) in [5, 5.41) is 23.7. The predicted molar refractivity (Wildman–Crippen MR) is 155 cm³/mol. The summed E-state index contributed by atoms with van der Waals surface area (Å²) in [5.74, 6) is -0.536. The Bertz CT molecular complexity index is 1450. The van der Waals surface area contributed by atoms with Gasteiger partial charge in [0.15, 0.2) is 6.29 Å². The van der Waals surface area contributed by atoms with Crippen LogP contribution in [0.2, 0.25) is 0 Å². The molecule has 2 amide bonds. The summed E-state index contributed by atoms with van der Waals surface area (Å²) in [7, 11) is 0. The first-order chi connectivity index (χ1) is 19.6. The summed E-state index contributed by atoms with van der Waals surface area (Å²) in [6.07, 6.45) is 1.74. The van der Waals surface area contributed by atoms with Gasteiger partial charge in [0.2, 0.25) is 11.7 Å². The number of carbonyl (C=O) groups excluding carboxylic acids is 2. The first kappa shape index (κ1) is 29.7. The number of amides is 2. The predicted octanol–water partition coefficient (Wildman–Crippen LogP) is 5.25. The molecule has 1 unspecified atom stereocenters. The molecule has 0 bridgehead atoms. The molecule has 2 aromatic heterocycles. The van der Waals surface area contributed by atoms with Crippen molar-refractivity contribution in [3.8, 4) is 22.7 Å². The summed E-state index contributed by atoms with van der Waals surface area (Å²) in [5.41, 5.74) is 2.38. The second-order valence-electron chi connectivity index (χ2n) is 10.7. The van der Waals surface area contributed by atoms with E-state index in [4.69, 9.17) is 9.15 Å². The second kappa shape index (κ2) is 12.9. The number of oxazole rings is 1. The van der Waals surface area contributed by atoms with E-state index in [1.165, 1.54) is 6.20 Å². The van der Waals surface area contributed by atoms with Crippen molar-refractivity contribution in [1.29, 1.82) is 0 Å². The minimum atomic E-state index is -1.30. The number of rotatable bonds is 11. The van der Waals surface area contributed by atoms with E-state index in [-0.39, 0.29) is 23.6 Å². The lowest BCUT2D eigenvalue weighted by Crippen LogP contribution is -2.40. The van der Waals surface area contributed by atoms with Crippen molar-refractivity contribution in [1.82, 2.24) is 25.8 Å². The Balaban J connectivity index is 1.50. The van der Waals surface area contributed by atoms with E-state index in [0.717, 1.165) is 18.4 Å². The molecule has 4 N–H and O–H groups in total. The minimum absolute atomic E-state index is 0.0191. The second-order valence-corrected chi connectivity index (χ2v) is 10.7. The van der Waals surface area contributed by atoms with Gasteiger partial charge in [-0.25, -0.2) is 4.98 Å². The maximum absolute atomic E-state index is 13.2. The lowest BCUT2D eigenvalue weighted by atomic mass is 10.1. The average molecular weight is 560 g/mol. The maximum Gasteiger partial charge on any atom is 0.289 e. The molecule has 0 aliphatic heterocycles. The van der Waals surface area contributed by atoms with Crippen LogP contribution in [0.4, 0.5) is 0 Å². The van der Waals surface area contributed by atoms with Crippen LogP contribution in [0.15, 0.2) is 71.3 Å². The van der Waals surface area contributed by atoms with Crippen LogP contribution in [0.3, 0.4) is 0 Å². The fourth-order valence-corrected chi connectivity index (χ4v) is 4.29. The van der Waals surface area contributed by atoms with Crippen LogP contribution in [-0.4, -0.2) is 50.0 Å². The van der Waals surface area contributed by atoms with Crippen LogP contribution in [0.1, 0.15) is 80.1 Å². The molecule has 4 rings (SSSR count). The molecule has 216 valence electrons. The van der Waals surface area contributed by atoms with Crippen LogP contribution >= 0.6 is 0 Å². The van der Waals surface area contributed by atoms with Gasteiger partial charge in [0.1, 0.15) is 11.7 Å². The largest absolute Gasteiger partial charge is 0.431 e. The standard InChI is InChI=1S/C31H37N5O5/c1-6-22(7-2)33-27(37)24-17-23(35-36-24)20-14-11-15-21(16-20)29-32-18-25(40-29)28(38)34-26(19-12-9-8-10-13-19)30(39)41-31(3,4)5/h8-18,22,26,30,39H,6-7H2,1-5H3,(H,33,37)(H,34,38)(H,35,36)/t26-,30?/m0/s1. The van der Waals surface area contributed by atoms with Crippen molar-refractivity contribution >= 4 is 11.8 Å². The zero-order valence-corrected chi connectivity index (χ0v) is 24.0. The van der Waals surface area contributed by atoms with Gasteiger partial charge in [0.25, 0.3) is 11.8 Å². The summed E-state index contributed by atoms with van der Waals surface area (Å²) in [6.45, 7) is 9.53. The lowest BCUT2D eigenvalue weighted by molar-refractivity contribution is -0.180. The highest BCUT2D eigenvalue weighted by atomic mass is 16.6. The topological polar surface area (TPSA) is 142 Å². The third-order valence-corrected chi connectivity index (χ3v) is 6.48. The van der Waals surface area contributed by atoms with Gasteiger partial charge >= 0.3 is 0 Å². The Labute approximate surface area is 239 Å². The van der Waals surface area contributed by atoms with E-state index < -0.39 is 23.8 Å². The zero-order valence-electron chi connectivity index (χ0n) is 24.0. The van der Waals surface area contributed by atoms with Gasteiger partial charge in [-0.1, -0.05) is 56.3 Å². The highest BCUT2D eigenvalue weighted by Gasteiger charge is 2.29. The number of aromatic nitrogens is 3. The number of nitrogens with one attached hydrogen (secondary N) is 3.